The molecule has 8 nitrogen and oxygen atoms in total. The molecule has 1 fully saturated rings. The molecule has 0 saturated carbocycles. The van der Waals surface area contributed by atoms with Crippen LogP contribution >= 0.6 is 0 Å². The van der Waals surface area contributed by atoms with Crippen molar-refractivity contribution >= 4 is 23.6 Å². The Labute approximate surface area is 241 Å². The van der Waals surface area contributed by atoms with Gasteiger partial charge in [0, 0.05) is 24.2 Å². The SMILES string of the molecule is O=C1NC2(CCN(C(=O)c3ccc(C#Cc4ccccc4)o3)CC2)c2cc(CN3C(=O)c4ccccc4C3=O)ccc21. The summed E-state index contributed by atoms with van der Waals surface area (Å²) in [4.78, 5) is 54.9. The molecule has 0 atom stereocenters. The molecule has 3 aromatic carbocycles. The zero-order valence-corrected chi connectivity index (χ0v) is 22.6. The van der Waals surface area contributed by atoms with E-state index in [1.54, 1.807) is 53.4 Å². The van der Waals surface area contributed by atoms with Gasteiger partial charge in [-0.2, -0.15) is 0 Å². The van der Waals surface area contributed by atoms with Crippen molar-refractivity contribution in [3.63, 3.8) is 0 Å². The molecular weight excluding hydrogens is 530 g/mol. The smallest absolute Gasteiger partial charge is 0.289 e. The summed E-state index contributed by atoms with van der Waals surface area (Å²) in [6.07, 6.45) is 1.05. The van der Waals surface area contributed by atoms with Crippen LogP contribution in [0.15, 0.2) is 89.3 Å². The van der Waals surface area contributed by atoms with E-state index in [9.17, 15) is 19.2 Å². The van der Waals surface area contributed by atoms with Crippen LogP contribution in [-0.2, 0) is 12.1 Å². The third kappa shape index (κ3) is 4.27. The summed E-state index contributed by atoms with van der Waals surface area (Å²) in [5.41, 5.74) is 3.21. The van der Waals surface area contributed by atoms with Crippen LogP contribution in [-0.4, -0.2) is 46.5 Å². The van der Waals surface area contributed by atoms with Gasteiger partial charge in [0.05, 0.1) is 23.2 Å². The molecule has 4 heterocycles. The van der Waals surface area contributed by atoms with Crippen LogP contribution in [0, 0.1) is 11.8 Å². The van der Waals surface area contributed by atoms with Crippen molar-refractivity contribution in [2.24, 2.45) is 0 Å². The first-order valence-corrected chi connectivity index (χ1v) is 13.8. The fourth-order valence-corrected chi connectivity index (χ4v) is 6.02. The molecule has 1 N–H and O–H groups in total. The van der Waals surface area contributed by atoms with Gasteiger partial charge in [-0.25, -0.2) is 0 Å². The summed E-state index contributed by atoms with van der Waals surface area (Å²) >= 11 is 0. The maximum Gasteiger partial charge on any atom is 0.289 e. The second kappa shape index (κ2) is 9.89. The van der Waals surface area contributed by atoms with E-state index in [-0.39, 0.29) is 35.9 Å². The van der Waals surface area contributed by atoms with Gasteiger partial charge in [0.2, 0.25) is 0 Å². The molecule has 0 unspecified atom stereocenters. The summed E-state index contributed by atoms with van der Waals surface area (Å²) < 4.78 is 5.74. The van der Waals surface area contributed by atoms with Crippen LogP contribution < -0.4 is 5.32 Å². The molecule has 1 spiro atoms. The van der Waals surface area contributed by atoms with Gasteiger partial charge in [-0.3, -0.25) is 24.1 Å². The first kappa shape index (κ1) is 25.5. The predicted molar refractivity (Wildman–Crippen MR) is 152 cm³/mol. The number of hydrogen-bond donors (Lipinski definition) is 1. The Morgan fingerprint density at radius 3 is 2.21 bits per heavy atom. The largest absolute Gasteiger partial charge is 0.443 e. The third-order valence-corrected chi connectivity index (χ3v) is 8.24. The number of piperidine rings is 1. The highest BCUT2D eigenvalue weighted by molar-refractivity contribution is 6.21. The highest BCUT2D eigenvalue weighted by atomic mass is 16.3. The Kier molecular flexibility index (Phi) is 6.02. The summed E-state index contributed by atoms with van der Waals surface area (Å²) in [6.45, 7) is 0.961. The van der Waals surface area contributed by atoms with E-state index in [2.05, 4.69) is 17.2 Å². The maximum absolute atomic E-state index is 13.2. The predicted octanol–water partition coefficient (Wildman–Crippen LogP) is 4.35. The molecule has 1 aromatic heterocycles. The highest BCUT2D eigenvalue weighted by Crippen LogP contribution is 2.40. The molecule has 4 amide bonds. The summed E-state index contributed by atoms with van der Waals surface area (Å²) in [5, 5.41) is 3.16. The second-order valence-corrected chi connectivity index (χ2v) is 10.7. The van der Waals surface area contributed by atoms with Crippen LogP contribution in [0.5, 0.6) is 0 Å². The minimum atomic E-state index is -0.628. The van der Waals surface area contributed by atoms with Gasteiger partial charge in [0.25, 0.3) is 23.6 Å². The van der Waals surface area contributed by atoms with Gasteiger partial charge in [0.1, 0.15) is 0 Å². The summed E-state index contributed by atoms with van der Waals surface area (Å²) in [6, 6.07) is 25.1. The summed E-state index contributed by atoms with van der Waals surface area (Å²) in [7, 11) is 0. The molecular formula is C34H25N3O5. The van der Waals surface area contributed by atoms with Crippen LogP contribution in [0.3, 0.4) is 0 Å². The van der Waals surface area contributed by atoms with Crippen molar-refractivity contribution in [3.05, 3.63) is 130 Å². The van der Waals surface area contributed by atoms with Crippen molar-refractivity contribution in [2.45, 2.75) is 24.9 Å². The van der Waals surface area contributed by atoms with Crippen LogP contribution in [0.25, 0.3) is 0 Å². The number of imide groups is 1. The minimum absolute atomic E-state index is 0.114. The number of fused-ring (bicyclic) bond motifs is 3. The molecule has 1 saturated heterocycles. The Balaban J connectivity index is 1.06. The lowest BCUT2D eigenvalue weighted by Gasteiger charge is -2.39. The lowest BCUT2D eigenvalue weighted by molar-refractivity contribution is 0.0603. The van der Waals surface area contributed by atoms with Gasteiger partial charge >= 0.3 is 0 Å². The van der Waals surface area contributed by atoms with Gasteiger partial charge in [-0.1, -0.05) is 48.4 Å². The van der Waals surface area contributed by atoms with Crippen molar-refractivity contribution in [3.8, 4) is 11.8 Å². The monoisotopic (exact) mass is 555 g/mol. The van der Waals surface area contributed by atoms with Crippen molar-refractivity contribution in [1.29, 1.82) is 0 Å². The fraction of sp³-hybridized carbons (Fsp3) is 0.176. The molecule has 0 bridgehead atoms. The quantitative estimate of drug-likeness (QED) is 0.299. The third-order valence-electron chi connectivity index (χ3n) is 8.24. The molecule has 0 aliphatic carbocycles. The average Bonchev–Trinajstić information content (AvgIpc) is 3.67. The number of hydrogen-bond acceptors (Lipinski definition) is 5. The molecule has 4 aromatic rings. The van der Waals surface area contributed by atoms with Gasteiger partial charge in [-0.05, 0) is 72.4 Å². The van der Waals surface area contributed by atoms with Crippen molar-refractivity contribution in [2.75, 3.05) is 13.1 Å². The van der Waals surface area contributed by atoms with Gasteiger partial charge in [0.15, 0.2) is 11.5 Å². The number of furan rings is 1. The number of carbonyl (C=O) groups excluding carboxylic acids is 4. The van der Waals surface area contributed by atoms with E-state index < -0.39 is 5.54 Å². The number of nitrogens with one attached hydrogen (secondary N) is 1. The topological polar surface area (TPSA) is 99.9 Å². The van der Waals surface area contributed by atoms with Gasteiger partial charge in [-0.15, -0.1) is 0 Å². The number of amides is 4. The molecule has 3 aliphatic heterocycles. The highest BCUT2D eigenvalue weighted by Gasteiger charge is 2.46. The number of rotatable bonds is 3. The lowest BCUT2D eigenvalue weighted by Crippen LogP contribution is -2.50. The van der Waals surface area contributed by atoms with Crippen LogP contribution in [0.4, 0.5) is 0 Å². The minimum Gasteiger partial charge on any atom is -0.443 e. The standard InChI is InChI=1S/C34H25N3O5/c38-30-27-14-11-23(21-37-31(39)25-8-4-5-9-26(25)32(37)40)20-28(27)34(35-30)16-18-36(19-17-34)33(41)29-15-13-24(42-29)12-10-22-6-2-1-3-7-22/h1-9,11,13-15,20H,16-19,21H2,(H,35,38). The number of benzene rings is 3. The van der Waals surface area contributed by atoms with Crippen molar-refractivity contribution in [1.82, 2.24) is 15.1 Å². The normalized spacial score (nSPS) is 16.6. The molecule has 3 aliphatic rings. The first-order chi connectivity index (χ1) is 20.4. The number of carbonyl (C=O) groups is 4. The summed E-state index contributed by atoms with van der Waals surface area (Å²) in [5.74, 6) is 5.60. The Morgan fingerprint density at radius 1 is 0.810 bits per heavy atom. The molecule has 0 radical (unpaired) electrons. The van der Waals surface area contributed by atoms with Gasteiger partial charge < -0.3 is 14.6 Å². The molecule has 42 heavy (non-hydrogen) atoms. The van der Waals surface area contributed by atoms with Crippen molar-refractivity contribution < 1.29 is 23.6 Å². The Morgan fingerprint density at radius 2 is 1.50 bits per heavy atom. The number of likely N-dealkylation sites (tertiary alicyclic amines) is 1. The maximum atomic E-state index is 13.2. The van der Waals surface area contributed by atoms with E-state index in [0.717, 1.165) is 16.7 Å². The Bertz CT molecular complexity index is 1800. The fourth-order valence-electron chi connectivity index (χ4n) is 6.02. The van der Waals surface area contributed by atoms with Crippen LogP contribution in [0.2, 0.25) is 0 Å². The van der Waals surface area contributed by atoms with E-state index in [1.165, 1.54) is 4.90 Å². The number of nitrogens with zero attached hydrogens (tertiary/aromatic N) is 2. The lowest BCUT2D eigenvalue weighted by atomic mass is 9.81. The van der Waals surface area contributed by atoms with E-state index in [4.69, 9.17) is 4.42 Å². The zero-order chi connectivity index (χ0) is 28.8. The molecule has 206 valence electrons. The second-order valence-electron chi connectivity index (χ2n) is 10.7. The molecule has 7 rings (SSSR count). The molecule has 8 heteroatoms. The van der Waals surface area contributed by atoms with E-state index in [1.807, 2.05) is 36.4 Å². The first-order valence-electron chi connectivity index (χ1n) is 13.8. The average molecular weight is 556 g/mol. The zero-order valence-electron chi connectivity index (χ0n) is 22.6. The Hall–Kier alpha value is -5.42. The van der Waals surface area contributed by atoms with Crippen LogP contribution in [0.1, 0.15) is 76.9 Å². The van der Waals surface area contributed by atoms with E-state index in [0.29, 0.717) is 48.4 Å². The van der Waals surface area contributed by atoms with E-state index >= 15 is 0 Å².